The maximum atomic E-state index is 13.4. The molecule has 2 fully saturated rings. The number of β-amino-alcohol motifs (C(OH)–C–C–N with tert-alkyl or cyclic N) is 1. The molecule has 0 radical (unpaired) electrons. The number of fused-ring (bicyclic) bond motifs is 1. The van der Waals surface area contributed by atoms with Crippen LogP contribution in [0.15, 0.2) is 47.2 Å². The van der Waals surface area contributed by atoms with Gasteiger partial charge in [0.25, 0.3) is 11.8 Å². The fraction of sp³-hybridized carbons (Fsp3) is 0.483. The van der Waals surface area contributed by atoms with E-state index in [1.54, 1.807) is 12.1 Å². The third-order valence-corrected chi connectivity index (χ3v) is 8.75. The highest BCUT2D eigenvalue weighted by Gasteiger charge is 2.75. The summed E-state index contributed by atoms with van der Waals surface area (Å²) in [6, 6.07) is 7.05. The molecule has 8 nitrogen and oxygen atoms in total. The van der Waals surface area contributed by atoms with Gasteiger partial charge in [-0.05, 0) is 54.2 Å². The molecular weight excluding hydrogens is 540 g/mol. The number of amides is 1. The molecule has 1 amide bonds. The maximum Gasteiger partial charge on any atom is 0.254 e. The minimum absolute atomic E-state index is 0.0286. The van der Waals surface area contributed by atoms with Gasteiger partial charge in [0.05, 0.1) is 11.1 Å². The van der Waals surface area contributed by atoms with Crippen molar-refractivity contribution in [1.82, 2.24) is 15.2 Å². The van der Waals surface area contributed by atoms with Crippen LogP contribution in [0.1, 0.15) is 47.2 Å². The molecule has 11 heteroatoms. The molecule has 3 N–H and O–H groups in total. The number of ether oxygens (including phenoxy) is 1. The van der Waals surface area contributed by atoms with Gasteiger partial charge in [0.15, 0.2) is 0 Å². The minimum atomic E-state index is -2.53. The van der Waals surface area contributed by atoms with E-state index >= 15 is 0 Å². The number of aliphatic hydroxyl groups excluding tert-OH is 1. The first-order valence-corrected chi connectivity index (χ1v) is 14.0. The Hall–Kier alpha value is -3.08. The quantitative estimate of drug-likeness (QED) is 0.395. The molecule has 6 rings (SSSR count). The van der Waals surface area contributed by atoms with Gasteiger partial charge in [0.2, 0.25) is 0 Å². The Bertz CT molecular complexity index is 1360. The lowest BCUT2D eigenvalue weighted by Gasteiger charge is -2.36. The summed E-state index contributed by atoms with van der Waals surface area (Å²) in [4.78, 5) is 23.2. The van der Waals surface area contributed by atoms with Crippen molar-refractivity contribution in [1.29, 1.82) is 0 Å². The third-order valence-electron chi connectivity index (χ3n) is 8.33. The molecule has 212 valence electrons. The number of rotatable bonds is 10. The van der Waals surface area contributed by atoms with E-state index in [0.717, 1.165) is 36.1 Å². The smallest absolute Gasteiger partial charge is 0.254 e. The summed E-state index contributed by atoms with van der Waals surface area (Å²) in [6.07, 6.45) is 6.77. The second-order valence-corrected chi connectivity index (χ2v) is 11.7. The van der Waals surface area contributed by atoms with E-state index in [1.165, 1.54) is 6.20 Å². The predicted octanol–water partition coefficient (Wildman–Crippen LogP) is 4.22. The SMILES string of the molecule is O=C(NCC(O)CN1CCc2c(ccc(OCC3=CN=CC3)c2Cl)C1)c1ccnc(NC2CC3(C2)CC3(F)F)c1. The molecular formula is C29H32ClF2N5O3. The first-order chi connectivity index (χ1) is 19.2. The maximum absolute atomic E-state index is 13.4. The number of halogens is 3. The number of alkyl halides is 2. The van der Waals surface area contributed by atoms with E-state index in [0.29, 0.717) is 54.7 Å². The second-order valence-electron chi connectivity index (χ2n) is 11.3. The van der Waals surface area contributed by atoms with Crippen molar-refractivity contribution in [3.8, 4) is 5.75 Å². The van der Waals surface area contributed by atoms with Gasteiger partial charge >= 0.3 is 0 Å². The average molecular weight is 572 g/mol. The number of nitrogens with one attached hydrogen (secondary N) is 2. The molecule has 0 bridgehead atoms. The number of carbonyl (C=O) groups excluding carboxylic acids is 1. The zero-order chi connectivity index (χ0) is 27.9. The van der Waals surface area contributed by atoms with Crippen LogP contribution in [0.25, 0.3) is 0 Å². The molecule has 2 aromatic rings. The van der Waals surface area contributed by atoms with E-state index in [9.17, 15) is 18.7 Å². The number of hydrogen-bond acceptors (Lipinski definition) is 7. The molecule has 2 aliphatic heterocycles. The Morgan fingerprint density at radius 2 is 2.12 bits per heavy atom. The summed E-state index contributed by atoms with van der Waals surface area (Å²) in [5.41, 5.74) is 2.85. The predicted molar refractivity (Wildman–Crippen MR) is 148 cm³/mol. The Morgan fingerprint density at radius 3 is 2.88 bits per heavy atom. The van der Waals surface area contributed by atoms with Gasteiger partial charge in [-0.2, -0.15) is 0 Å². The molecule has 1 unspecified atom stereocenters. The van der Waals surface area contributed by atoms with Gasteiger partial charge in [-0.1, -0.05) is 17.7 Å². The van der Waals surface area contributed by atoms with Gasteiger partial charge in [-0.25, -0.2) is 13.8 Å². The Kier molecular flexibility index (Phi) is 7.27. The molecule has 2 saturated carbocycles. The lowest BCUT2D eigenvalue weighted by Crippen LogP contribution is -2.42. The van der Waals surface area contributed by atoms with Crippen molar-refractivity contribution in [3.63, 3.8) is 0 Å². The number of pyridine rings is 1. The normalized spacial score (nSPS) is 25.1. The van der Waals surface area contributed by atoms with Crippen molar-refractivity contribution in [2.75, 3.05) is 31.6 Å². The van der Waals surface area contributed by atoms with E-state index < -0.39 is 17.4 Å². The summed E-state index contributed by atoms with van der Waals surface area (Å²) in [5, 5.41) is 17.2. The van der Waals surface area contributed by atoms with E-state index in [4.69, 9.17) is 16.3 Å². The molecule has 1 spiro atoms. The number of nitrogens with zero attached hydrogens (tertiary/aromatic N) is 3. The molecule has 1 aromatic heterocycles. The number of hydrogen-bond donors (Lipinski definition) is 3. The number of carbonyl (C=O) groups is 1. The highest BCUT2D eigenvalue weighted by Crippen LogP contribution is 2.71. The topological polar surface area (TPSA) is 99.1 Å². The molecule has 40 heavy (non-hydrogen) atoms. The third kappa shape index (κ3) is 5.57. The fourth-order valence-corrected chi connectivity index (χ4v) is 6.24. The number of anilines is 1. The number of aliphatic imine (C=N–C) groups is 1. The van der Waals surface area contributed by atoms with Gasteiger partial charge in [0, 0.05) is 74.7 Å². The van der Waals surface area contributed by atoms with Crippen molar-refractivity contribution in [2.24, 2.45) is 10.4 Å². The lowest BCUT2D eigenvalue weighted by atomic mass is 9.76. The summed E-state index contributed by atoms with van der Waals surface area (Å²) >= 11 is 6.66. The van der Waals surface area contributed by atoms with E-state index in [2.05, 4.69) is 25.5 Å². The molecule has 1 atom stereocenters. The molecule has 0 saturated heterocycles. The van der Waals surface area contributed by atoms with Crippen molar-refractivity contribution < 1.29 is 23.4 Å². The average Bonchev–Trinajstić information content (AvgIpc) is 3.23. The molecule has 3 heterocycles. The van der Waals surface area contributed by atoms with Crippen LogP contribution in [-0.2, 0) is 13.0 Å². The number of aliphatic hydroxyl groups is 1. The zero-order valence-corrected chi connectivity index (χ0v) is 22.8. The largest absolute Gasteiger partial charge is 0.488 e. The number of aromatic nitrogens is 1. The highest BCUT2D eigenvalue weighted by atomic mass is 35.5. The highest BCUT2D eigenvalue weighted by molar-refractivity contribution is 6.33. The second kappa shape index (κ2) is 10.7. The van der Waals surface area contributed by atoms with Crippen molar-refractivity contribution >= 4 is 29.5 Å². The van der Waals surface area contributed by atoms with Crippen LogP contribution in [0.5, 0.6) is 5.75 Å². The van der Waals surface area contributed by atoms with Gasteiger partial charge in [0.1, 0.15) is 18.2 Å². The van der Waals surface area contributed by atoms with Crippen LogP contribution >= 0.6 is 11.6 Å². The van der Waals surface area contributed by atoms with Crippen LogP contribution in [0, 0.1) is 5.41 Å². The zero-order valence-electron chi connectivity index (χ0n) is 22.0. The molecule has 2 aliphatic carbocycles. The Labute approximate surface area is 236 Å². The summed E-state index contributed by atoms with van der Waals surface area (Å²) < 4.78 is 32.8. The van der Waals surface area contributed by atoms with Gasteiger partial charge < -0.3 is 20.5 Å². The standard InChI is InChI=1S/C29H32ClF2N5O3/c30-26-23-5-8-37(14-20(23)1-2-24(26)40-16-18-3-6-33-12-18)15-22(38)13-35-27(39)19-4-7-34-25(9-19)36-21-10-28(11-21)17-29(28,31)32/h1-2,4,6-7,9,12,21-22,38H,3,5,8,10-11,13-17H2,(H,34,36)(H,35,39). The Morgan fingerprint density at radius 1 is 1.30 bits per heavy atom. The first kappa shape index (κ1) is 27.1. The summed E-state index contributed by atoms with van der Waals surface area (Å²) in [7, 11) is 0. The molecule has 4 aliphatic rings. The van der Waals surface area contributed by atoms with Crippen LogP contribution < -0.4 is 15.4 Å². The summed E-state index contributed by atoms with van der Waals surface area (Å²) in [5.74, 6) is -1.71. The van der Waals surface area contributed by atoms with Crippen molar-refractivity contribution in [3.05, 3.63) is 63.9 Å². The number of benzene rings is 1. The summed E-state index contributed by atoms with van der Waals surface area (Å²) in [6.45, 7) is 2.34. The van der Waals surface area contributed by atoms with Crippen molar-refractivity contribution in [2.45, 2.75) is 56.7 Å². The van der Waals surface area contributed by atoms with E-state index in [1.807, 2.05) is 24.5 Å². The minimum Gasteiger partial charge on any atom is -0.488 e. The van der Waals surface area contributed by atoms with Crippen LogP contribution in [0.2, 0.25) is 5.02 Å². The van der Waals surface area contributed by atoms with Gasteiger partial charge in [-0.15, -0.1) is 0 Å². The van der Waals surface area contributed by atoms with Crippen LogP contribution in [0.4, 0.5) is 14.6 Å². The monoisotopic (exact) mass is 571 g/mol. The van der Waals surface area contributed by atoms with Crippen LogP contribution in [0.3, 0.4) is 0 Å². The van der Waals surface area contributed by atoms with E-state index in [-0.39, 0.29) is 24.9 Å². The Balaban J connectivity index is 0.955. The molecule has 1 aromatic carbocycles. The first-order valence-electron chi connectivity index (χ1n) is 13.6. The lowest BCUT2D eigenvalue weighted by molar-refractivity contribution is 0.0247. The van der Waals surface area contributed by atoms with Gasteiger partial charge in [-0.3, -0.25) is 14.7 Å². The fourth-order valence-electron chi connectivity index (χ4n) is 5.91. The van der Waals surface area contributed by atoms with Crippen LogP contribution in [-0.4, -0.2) is 71.4 Å².